The third-order valence-corrected chi connectivity index (χ3v) is 2.83. The van der Waals surface area contributed by atoms with Gasteiger partial charge < -0.3 is 14.0 Å². The first kappa shape index (κ1) is 14.3. The van der Waals surface area contributed by atoms with Gasteiger partial charge in [-0.15, -0.1) is 0 Å². The summed E-state index contributed by atoms with van der Waals surface area (Å²) in [6.45, 7) is 2.26. The molecular weight excluding hydrogens is 258 g/mol. The van der Waals surface area contributed by atoms with Crippen LogP contribution in [0.5, 0.6) is 11.5 Å². The van der Waals surface area contributed by atoms with Gasteiger partial charge in [-0.3, -0.25) is 4.90 Å². The van der Waals surface area contributed by atoms with Crippen LogP contribution in [-0.2, 0) is 6.54 Å². The average Bonchev–Trinajstić information content (AvgIpc) is 2.97. The molecule has 0 bridgehead atoms. The molecule has 0 aliphatic rings. The maximum Gasteiger partial charge on any atom is 0.213 e. The van der Waals surface area contributed by atoms with Gasteiger partial charge in [-0.2, -0.15) is 4.98 Å². The van der Waals surface area contributed by atoms with E-state index in [-0.39, 0.29) is 0 Å². The molecule has 108 valence electrons. The molecule has 0 aliphatic heterocycles. The Labute approximate surface area is 118 Å². The quantitative estimate of drug-likeness (QED) is 0.688. The molecule has 6 nitrogen and oxygen atoms in total. The summed E-state index contributed by atoms with van der Waals surface area (Å²) in [6, 6.07) is 7.58. The molecule has 1 aromatic heterocycles. The van der Waals surface area contributed by atoms with E-state index in [2.05, 4.69) is 15.0 Å². The van der Waals surface area contributed by atoms with Crippen molar-refractivity contribution in [3.8, 4) is 11.5 Å². The van der Waals surface area contributed by atoms with Gasteiger partial charge in [-0.25, -0.2) is 0 Å². The van der Waals surface area contributed by atoms with Crippen molar-refractivity contribution in [1.29, 1.82) is 0 Å². The molecule has 0 spiro atoms. The Bertz CT molecular complexity index is 485. The lowest BCUT2D eigenvalue weighted by molar-refractivity contribution is 0.253. The number of hydrogen-bond acceptors (Lipinski definition) is 6. The first-order valence-electron chi connectivity index (χ1n) is 6.48. The Balaban J connectivity index is 1.63. The molecule has 0 saturated carbocycles. The van der Waals surface area contributed by atoms with E-state index in [1.54, 1.807) is 7.11 Å². The highest BCUT2D eigenvalue weighted by molar-refractivity contribution is 5.31. The van der Waals surface area contributed by atoms with Gasteiger partial charge in [0, 0.05) is 6.54 Å². The Hall–Kier alpha value is -2.08. The van der Waals surface area contributed by atoms with Crippen LogP contribution in [0.3, 0.4) is 0 Å². The van der Waals surface area contributed by atoms with Gasteiger partial charge in [0.1, 0.15) is 11.5 Å². The molecule has 1 aromatic carbocycles. The SMILES string of the molecule is COc1ccc(OCCCN(C)Cc2ncon2)cc1. The van der Waals surface area contributed by atoms with Crippen molar-refractivity contribution in [3.63, 3.8) is 0 Å². The molecule has 0 atom stereocenters. The molecule has 0 unspecified atom stereocenters. The molecule has 0 amide bonds. The minimum Gasteiger partial charge on any atom is -0.497 e. The Morgan fingerprint density at radius 1 is 1.20 bits per heavy atom. The molecule has 2 aromatic rings. The maximum atomic E-state index is 5.66. The highest BCUT2D eigenvalue weighted by Gasteiger charge is 2.04. The largest absolute Gasteiger partial charge is 0.497 e. The third-order valence-electron chi connectivity index (χ3n) is 2.83. The zero-order valence-electron chi connectivity index (χ0n) is 11.8. The van der Waals surface area contributed by atoms with Crippen LogP contribution < -0.4 is 9.47 Å². The van der Waals surface area contributed by atoms with Crippen LogP contribution in [0, 0.1) is 0 Å². The summed E-state index contributed by atoms with van der Waals surface area (Å²) in [7, 11) is 3.67. The summed E-state index contributed by atoms with van der Waals surface area (Å²) < 4.78 is 15.4. The van der Waals surface area contributed by atoms with Gasteiger partial charge in [0.25, 0.3) is 0 Å². The molecular formula is C14H19N3O3. The molecule has 0 radical (unpaired) electrons. The van der Waals surface area contributed by atoms with Crippen LogP contribution in [-0.4, -0.2) is 42.3 Å². The summed E-state index contributed by atoms with van der Waals surface area (Å²) in [6.07, 6.45) is 2.27. The minimum atomic E-state index is 0.670. The normalized spacial score (nSPS) is 10.8. The molecule has 0 fully saturated rings. The molecule has 20 heavy (non-hydrogen) atoms. The zero-order valence-corrected chi connectivity index (χ0v) is 11.8. The zero-order chi connectivity index (χ0) is 14.2. The van der Waals surface area contributed by atoms with Crippen LogP contribution in [0.1, 0.15) is 12.2 Å². The first-order chi connectivity index (χ1) is 9.78. The van der Waals surface area contributed by atoms with Crippen LogP contribution in [0.25, 0.3) is 0 Å². The van der Waals surface area contributed by atoms with Crippen LogP contribution in [0.15, 0.2) is 35.2 Å². The van der Waals surface area contributed by atoms with Crippen molar-refractivity contribution in [1.82, 2.24) is 15.0 Å². The van der Waals surface area contributed by atoms with E-state index < -0.39 is 0 Å². The molecule has 1 heterocycles. The Morgan fingerprint density at radius 2 is 1.95 bits per heavy atom. The van der Waals surface area contributed by atoms with E-state index in [0.717, 1.165) is 24.5 Å². The average molecular weight is 277 g/mol. The summed E-state index contributed by atoms with van der Waals surface area (Å²) in [5, 5.41) is 3.78. The lowest BCUT2D eigenvalue weighted by Gasteiger charge is -2.14. The second kappa shape index (κ2) is 7.49. The van der Waals surface area contributed by atoms with Crippen LogP contribution in [0.4, 0.5) is 0 Å². The van der Waals surface area contributed by atoms with Crippen molar-refractivity contribution in [2.45, 2.75) is 13.0 Å². The van der Waals surface area contributed by atoms with E-state index in [0.29, 0.717) is 19.0 Å². The number of methoxy groups -OCH3 is 1. The second-order valence-electron chi connectivity index (χ2n) is 4.46. The Kier molecular flexibility index (Phi) is 5.37. The van der Waals surface area contributed by atoms with Crippen molar-refractivity contribution < 1.29 is 14.0 Å². The van der Waals surface area contributed by atoms with Crippen LogP contribution in [0.2, 0.25) is 0 Å². The summed E-state index contributed by atoms with van der Waals surface area (Å²) in [4.78, 5) is 6.11. The number of benzene rings is 1. The highest BCUT2D eigenvalue weighted by atomic mass is 16.5. The number of rotatable bonds is 8. The van der Waals surface area contributed by atoms with Crippen molar-refractivity contribution >= 4 is 0 Å². The third kappa shape index (κ3) is 4.55. The van der Waals surface area contributed by atoms with Crippen molar-refractivity contribution in [3.05, 3.63) is 36.5 Å². The predicted molar refractivity (Wildman–Crippen MR) is 73.7 cm³/mol. The van der Waals surface area contributed by atoms with Gasteiger partial charge in [0.05, 0.1) is 20.3 Å². The summed E-state index contributed by atoms with van der Waals surface area (Å²) in [5.74, 6) is 2.38. The highest BCUT2D eigenvalue weighted by Crippen LogP contribution is 2.17. The number of hydrogen-bond donors (Lipinski definition) is 0. The molecule has 2 rings (SSSR count). The maximum absolute atomic E-state index is 5.66. The van der Waals surface area contributed by atoms with Gasteiger partial charge in [-0.1, -0.05) is 5.16 Å². The van der Waals surface area contributed by atoms with E-state index >= 15 is 0 Å². The van der Waals surface area contributed by atoms with Crippen molar-refractivity contribution in [2.75, 3.05) is 27.3 Å². The number of nitrogens with zero attached hydrogens (tertiary/aromatic N) is 3. The molecule has 0 N–H and O–H groups in total. The smallest absolute Gasteiger partial charge is 0.213 e. The van der Waals surface area contributed by atoms with Gasteiger partial charge >= 0.3 is 0 Å². The summed E-state index contributed by atoms with van der Waals surface area (Å²) >= 11 is 0. The summed E-state index contributed by atoms with van der Waals surface area (Å²) in [5.41, 5.74) is 0. The topological polar surface area (TPSA) is 60.6 Å². The molecule has 0 aliphatic carbocycles. The fourth-order valence-electron chi connectivity index (χ4n) is 1.78. The number of ether oxygens (including phenoxy) is 2. The van der Waals surface area contributed by atoms with Crippen molar-refractivity contribution in [2.24, 2.45) is 0 Å². The van der Waals surface area contributed by atoms with E-state index in [9.17, 15) is 0 Å². The van der Waals surface area contributed by atoms with Gasteiger partial charge in [-0.05, 0) is 37.7 Å². The van der Waals surface area contributed by atoms with E-state index in [1.807, 2.05) is 31.3 Å². The lowest BCUT2D eigenvalue weighted by Crippen LogP contribution is -2.21. The van der Waals surface area contributed by atoms with E-state index in [4.69, 9.17) is 14.0 Å². The number of aromatic nitrogens is 2. The fraction of sp³-hybridized carbons (Fsp3) is 0.429. The second-order valence-corrected chi connectivity index (χ2v) is 4.46. The lowest BCUT2D eigenvalue weighted by atomic mass is 10.3. The first-order valence-corrected chi connectivity index (χ1v) is 6.48. The minimum absolute atomic E-state index is 0.670. The molecule has 6 heteroatoms. The van der Waals surface area contributed by atoms with E-state index in [1.165, 1.54) is 6.39 Å². The fourth-order valence-corrected chi connectivity index (χ4v) is 1.78. The standard InChI is InChI=1S/C14H19N3O3/c1-17(10-14-15-11-20-16-14)8-3-9-19-13-6-4-12(18-2)5-7-13/h4-7,11H,3,8-10H2,1-2H3. The monoisotopic (exact) mass is 277 g/mol. The predicted octanol–water partition coefficient (Wildman–Crippen LogP) is 1.98. The Morgan fingerprint density at radius 3 is 2.60 bits per heavy atom. The van der Waals surface area contributed by atoms with Gasteiger partial charge in [0.2, 0.25) is 6.39 Å². The molecule has 0 saturated heterocycles. The van der Waals surface area contributed by atoms with Gasteiger partial charge in [0.15, 0.2) is 5.82 Å². The van der Waals surface area contributed by atoms with Crippen LogP contribution >= 0.6 is 0 Å².